The number of nitrogens with zero attached hydrogens (tertiary/aromatic N) is 2. The third kappa shape index (κ3) is 9.97. The van der Waals surface area contributed by atoms with Crippen LogP contribution in [0.15, 0.2) is 134 Å². The Labute approximate surface area is 422 Å². The third-order valence-corrected chi connectivity index (χ3v) is 15.8. The van der Waals surface area contributed by atoms with Gasteiger partial charge in [0, 0.05) is 61.5 Å². The van der Waals surface area contributed by atoms with E-state index in [1.165, 1.54) is 11.1 Å². The Morgan fingerprint density at radius 3 is 1.80 bits per heavy atom. The maximum Gasteiger partial charge on any atom is 0.335 e. The second kappa shape index (κ2) is 20.7. The van der Waals surface area contributed by atoms with E-state index in [2.05, 4.69) is 86.4 Å². The summed E-state index contributed by atoms with van der Waals surface area (Å²) in [6.07, 6.45) is 4.82. The van der Waals surface area contributed by atoms with E-state index in [9.17, 15) is 29.4 Å². The van der Waals surface area contributed by atoms with Gasteiger partial charge in [-0.3, -0.25) is 14.2 Å². The van der Waals surface area contributed by atoms with Crippen molar-refractivity contribution in [2.24, 2.45) is 0 Å². The molecule has 0 radical (unpaired) electrons. The van der Waals surface area contributed by atoms with Crippen LogP contribution in [0.25, 0.3) is 37.0 Å². The highest BCUT2D eigenvalue weighted by Crippen LogP contribution is 2.56. The molecule has 3 aromatic heterocycles. The van der Waals surface area contributed by atoms with Crippen LogP contribution in [0.2, 0.25) is 0 Å². The molecule has 2 amide bonds. The smallest absolute Gasteiger partial charge is 0.335 e. The Balaban J connectivity index is 1.17. The molecule has 0 spiro atoms. The summed E-state index contributed by atoms with van der Waals surface area (Å²) in [5, 5.41) is 29.3. The van der Waals surface area contributed by atoms with Gasteiger partial charge >= 0.3 is 11.9 Å². The second-order valence-corrected chi connectivity index (χ2v) is 21.5. The van der Waals surface area contributed by atoms with Crippen LogP contribution in [0.4, 0.5) is 11.5 Å². The van der Waals surface area contributed by atoms with Crippen LogP contribution in [0.1, 0.15) is 133 Å². The van der Waals surface area contributed by atoms with E-state index >= 15 is 0 Å². The molecule has 10 nitrogen and oxygen atoms in total. The van der Waals surface area contributed by atoms with E-state index in [-0.39, 0.29) is 27.4 Å². The molecule has 0 fully saturated rings. The zero-order valence-corrected chi connectivity index (χ0v) is 42.4. The number of quaternary nitrogens is 1. The largest absolute Gasteiger partial charge is 0.478 e. The van der Waals surface area contributed by atoms with Crippen molar-refractivity contribution in [2.75, 3.05) is 19.6 Å². The molecule has 71 heavy (non-hydrogen) atoms. The van der Waals surface area contributed by atoms with Gasteiger partial charge in [0.05, 0.1) is 39.9 Å². The molecule has 9 rings (SSSR count). The number of aromatic nitrogens is 1. The van der Waals surface area contributed by atoms with Crippen molar-refractivity contribution < 1.29 is 29.4 Å². The van der Waals surface area contributed by atoms with Crippen molar-refractivity contribution in [1.82, 2.24) is 19.7 Å². The number of aryl methyl sites for hydroxylation is 2. The predicted molar refractivity (Wildman–Crippen MR) is 290 cm³/mol. The van der Waals surface area contributed by atoms with Gasteiger partial charge in [0.25, 0.3) is 11.8 Å². The highest BCUT2D eigenvalue weighted by Gasteiger charge is 2.47. The first kappa shape index (κ1) is 48.9. The minimum absolute atomic E-state index is 0.136. The molecule has 1 unspecified atom stereocenters. The summed E-state index contributed by atoms with van der Waals surface area (Å²) in [6, 6.07) is 40.9. The Hall–Kier alpha value is -7.12. The van der Waals surface area contributed by atoms with Crippen molar-refractivity contribution in [1.29, 1.82) is 0 Å². The topological polar surface area (TPSA) is 138 Å². The Bertz CT molecular complexity index is 3310. The van der Waals surface area contributed by atoms with Gasteiger partial charge in [-0.05, 0) is 134 Å². The highest BCUT2D eigenvalue weighted by molar-refractivity contribution is 7.22. The summed E-state index contributed by atoms with van der Waals surface area (Å²) in [5.41, 5.74) is 8.26. The number of fused-ring (bicyclic) bond motifs is 3. The van der Waals surface area contributed by atoms with Gasteiger partial charge in [0.1, 0.15) is 6.20 Å². The van der Waals surface area contributed by atoms with Crippen molar-refractivity contribution in [3.05, 3.63) is 182 Å². The molecular weight excluding hydrogens is 925 g/mol. The van der Waals surface area contributed by atoms with Crippen LogP contribution in [-0.2, 0) is 6.54 Å². The number of amides is 2. The lowest BCUT2D eigenvalue weighted by atomic mass is 10.0. The molecule has 4 N–H and O–H groups in total. The van der Waals surface area contributed by atoms with Gasteiger partial charge in [0.2, 0.25) is 5.82 Å². The predicted octanol–water partition coefficient (Wildman–Crippen LogP) is 14.0. The van der Waals surface area contributed by atoms with E-state index in [1.54, 1.807) is 40.9 Å². The molecule has 0 saturated heterocycles. The third-order valence-electron chi connectivity index (χ3n) is 13.7. The number of carboxylic acids is 2. The lowest BCUT2D eigenvalue weighted by Crippen LogP contribution is -2.41. The fraction of sp³-hybridized carbons (Fsp3) is 0.254. The lowest BCUT2D eigenvalue weighted by Gasteiger charge is -2.34. The SMILES string of the molecule is Cc1ccc(C2=C[N+](CCCCNC(=O)c3ccc(C(C)C)cc3)(c3c(-c4cc5ccccc5s4)c4ccc(C(=O)O)cc4n3CCCCNC(=O)c3ccc(C(C)C)cc3)c3cc(C(=O)O)ccc32)s1. The maximum atomic E-state index is 13.4. The van der Waals surface area contributed by atoms with E-state index in [1.807, 2.05) is 78.9 Å². The fourth-order valence-corrected chi connectivity index (χ4v) is 11.8. The van der Waals surface area contributed by atoms with Gasteiger partial charge in [0.15, 0.2) is 5.69 Å². The van der Waals surface area contributed by atoms with Crippen molar-refractivity contribution in [2.45, 2.75) is 78.7 Å². The number of nitrogens with one attached hydrogen (secondary N) is 2. The van der Waals surface area contributed by atoms with E-state index in [0.717, 1.165) is 63.8 Å². The number of hydrogen-bond acceptors (Lipinski definition) is 6. The summed E-state index contributed by atoms with van der Waals surface area (Å²) in [6.45, 7) is 12.4. The molecule has 0 bridgehead atoms. The van der Waals surface area contributed by atoms with E-state index in [4.69, 9.17) is 0 Å². The van der Waals surface area contributed by atoms with Crippen molar-refractivity contribution >= 4 is 84.5 Å². The maximum absolute atomic E-state index is 13.4. The normalized spacial score (nSPS) is 14.3. The Morgan fingerprint density at radius 2 is 1.21 bits per heavy atom. The van der Waals surface area contributed by atoms with Gasteiger partial charge in [-0.2, -0.15) is 0 Å². The van der Waals surface area contributed by atoms with Crippen LogP contribution in [-0.4, -0.2) is 58.2 Å². The average Bonchev–Trinajstić information content (AvgIpc) is 4.15. The van der Waals surface area contributed by atoms with Crippen molar-refractivity contribution in [3.63, 3.8) is 0 Å². The molecule has 1 aliphatic rings. The molecule has 12 heteroatoms. The summed E-state index contributed by atoms with van der Waals surface area (Å²) in [5.74, 6) is -0.751. The van der Waals surface area contributed by atoms with Crippen LogP contribution in [0.3, 0.4) is 0 Å². The standard InChI is InChI=1S/C59H58N4O6S2/c1-36(2)39-15-19-41(20-16-39)55(64)60-28-8-10-30-62-49-32-44(58(66)67)24-26-47(49)54(53-34-43-12-6-7-13-51(43)71-53)57(62)63(31-11-9-29-61-56(65)42-21-17-40(18-22-42)37(3)4)35-48(52-27-14-38(5)70-52)46-25-23-45(59(68)69)33-50(46)63/h6-7,12-27,32-37H,8-11,28-31H2,1-5H3,(H3-,60,61,64,65,66,67,68,69)/p+1. The quantitative estimate of drug-likeness (QED) is 0.0470. The molecule has 1 atom stereocenters. The number of hydrogen-bond donors (Lipinski definition) is 4. The van der Waals surface area contributed by atoms with Crippen molar-refractivity contribution in [3.8, 4) is 10.4 Å². The second-order valence-electron chi connectivity index (χ2n) is 19.1. The molecular formula is C59H59N4O6S2+. The first-order chi connectivity index (χ1) is 34.2. The monoisotopic (exact) mass is 983 g/mol. The minimum atomic E-state index is -1.04. The van der Waals surface area contributed by atoms with Crippen LogP contribution in [0.5, 0.6) is 0 Å². The number of carbonyl (C=O) groups excluding carboxylic acids is 2. The number of rotatable bonds is 19. The zero-order chi connectivity index (χ0) is 50.0. The van der Waals surface area contributed by atoms with Crippen LogP contribution in [0, 0.1) is 6.92 Å². The summed E-state index contributed by atoms with van der Waals surface area (Å²) < 4.78 is 3.50. The summed E-state index contributed by atoms with van der Waals surface area (Å²) in [7, 11) is 0. The molecule has 5 aromatic carbocycles. The van der Waals surface area contributed by atoms with Gasteiger partial charge < -0.3 is 20.8 Å². The lowest BCUT2D eigenvalue weighted by molar-refractivity contribution is 0.0686. The number of unbranched alkanes of at least 4 members (excludes halogenated alkanes) is 2. The number of thiophene rings is 2. The van der Waals surface area contributed by atoms with Gasteiger partial charge in [-0.1, -0.05) is 76.2 Å². The van der Waals surface area contributed by atoms with Gasteiger partial charge in [-0.15, -0.1) is 22.7 Å². The molecule has 0 aliphatic carbocycles. The molecule has 1 aliphatic heterocycles. The minimum Gasteiger partial charge on any atom is -0.478 e. The highest BCUT2D eigenvalue weighted by atomic mass is 32.1. The number of carbonyl (C=O) groups is 4. The molecule has 4 heterocycles. The Morgan fingerprint density at radius 1 is 0.620 bits per heavy atom. The van der Waals surface area contributed by atoms with Crippen LogP contribution >= 0.6 is 22.7 Å². The summed E-state index contributed by atoms with van der Waals surface area (Å²) in [4.78, 5) is 55.7. The Kier molecular flexibility index (Phi) is 14.2. The van der Waals surface area contributed by atoms with Crippen LogP contribution < -0.4 is 15.1 Å². The molecule has 8 aromatic rings. The molecule has 362 valence electrons. The number of carboxylic acid groups (broad SMARTS) is 2. The zero-order valence-electron chi connectivity index (χ0n) is 40.8. The van der Waals surface area contributed by atoms with E-state index < -0.39 is 11.9 Å². The first-order valence-corrected chi connectivity index (χ1v) is 26.1. The van der Waals surface area contributed by atoms with Gasteiger partial charge in [-0.25, -0.2) is 14.1 Å². The molecule has 0 saturated carbocycles. The average molecular weight is 984 g/mol. The number of aromatic carboxylic acids is 2. The first-order valence-electron chi connectivity index (χ1n) is 24.4. The fourth-order valence-electron chi connectivity index (χ4n) is 9.81. The number of benzene rings is 5. The summed E-state index contributed by atoms with van der Waals surface area (Å²) >= 11 is 3.36. The van der Waals surface area contributed by atoms with E-state index in [0.29, 0.717) is 74.8 Å².